The van der Waals surface area contributed by atoms with Gasteiger partial charge in [-0.2, -0.15) is 0 Å². The van der Waals surface area contributed by atoms with Gasteiger partial charge in [0, 0.05) is 11.4 Å². The molecule has 1 heterocycles. The Morgan fingerprint density at radius 1 is 0.970 bits per heavy atom. The topological polar surface area (TPSA) is 50.2 Å². The maximum atomic E-state index is 11.1. The molecule has 0 aliphatic heterocycles. The second-order valence-corrected chi connectivity index (χ2v) is 9.84. The van der Waals surface area contributed by atoms with Crippen LogP contribution < -0.4 is 0 Å². The number of aliphatic carboxylic acids is 1. The second-order valence-electron chi connectivity index (χ2n) is 8.63. The Labute approximate surface area is 199 Å². The molecule has 166 valence electrons. The van der Waals surface area contributed by atoms with Crippen LogP contribution in [-0.4, -0.2) is 21.8 Å². The molecule has 0 radical (unpaired) electrons. The first-order valence-electron chi connectivity index (χ1n) is 11.6. The molecule has 2 aliphatic rings. The van der Waals surface area contributed by atoms with Crippen molar-refractivity contribution in [2.24, 2.45) is 0 Å². The molecule has 0 spiro atoms. The molecule has 1 aromatic heterocycles. The predicted octanol–water partition coefficient (Wildman–Crippen LogP) is 6.91. The van der Waals surface area contributed by atoms with E-state index in [1.54, 1.807) is 11.8 Å². The Bertz CT molecular complexity index is 1240. The van der Waals surface area contributed by atoms with Crippen LogP contribution in [0.5, 0.6) is 0 Å². The van der Waals surface area contributed by atoms with Crippen LogP contribution in [0.4, 0.5) is 0 Å². The lowest BCUT2D eigenvalue weighted by Gasteiger charge is -2.20. The first-order valence-corrected chi connectivity index (χ1v) is 12.6. The molecule has 33 heavy (non-hydrogen) atoms. The van der Waals surface area contributed by atoms with Gasteiger partial charge in [-0.3, -0.25) is 9.78 Å². The van der Waals surface area contributed by atoms with Crippen molar-refractivity contribution in [2.75, 3.05) is 5.75 Å². The lowest BCUT2D eigenvalue weighted by Crippen LogP contribution is -2.05. The van der Waals surface area contributed by atoms with Gasteiger partial charge in [-0.05, 0) is 77.3 Å². The molecule has 3 aromatic rings. The molecule has 1 unspecified atom stereocenters. The number of fused-ring (bicyclic) bond motifs is 3. The first kappa shape index (κ1) is 21.7. The summed E-state index contributed by atoms with van der Waals surface area (Å²) in [6.07, 6.45) is 13.5. The van der Waals surface area contributed by atoms with Gasteiger partial charge in [-0.15, -0.1) is 11.8 Å². The normalized spacial score (nSPS) is 16.7. The van der Waals surface area contributed by atoms with Gasteiger partial charge in [-0.25, -0.2) is 0 Å². The zero-order chi connectivity index (χ0) is 22.6. The molecule has 2 aliphatic carbocycles. The summed E-state index contributed by atoms with van der Waals surface area (Å²) in [6, 6.07) is 19.3. The van der Waals surface area contributed by atoms with E-state index in [0.29, 0.717) is 5.75 Å². The third kappa shape index (κ3) is 4.96. The minimum Gasteiger partial charge on any atom is -0.481 e. The summed E-state index contributed by atoms with van der Waals surface area (Å²) in [7, 11) is 0. The number of carboxylic acids is 1. The van der Waals surface area contributed by atoms with Crippen LogP contribution in [0.1, 0.15) is 69.3 Å². The quantitative estimate of drug-likeness (QED) is 0.440. The van der Waals surface area contributed by atoms with Crippen LogP contribution in [0, 0.1) is 0 Å². The molecule has 1 atom stereocenters. The fourth-order valence-electron chi connectivity index (χ4n) is 4.64. The average molecular weight is 454 g/mol. The van der Waals surface area contributed by atoms with Crippen molar-refractivity contribution in [1.82, 2.24) is 4.98 Å². The Hall–Kier alpha value is -3.11. The average Bonchev–Trinajstić information content (AvgIpc) is 2.99. The van der Waals surface area contributed by atoms with Gasteiger partial charge in [0.1, 0.15) is 0 Å². The molecule has 0 bridgehead atoms. The predicted molar refractivity (Wildman–Crippen MR) is 138 cm³/mol. The number of hydrogen-bond acceptors (Lipinski definition) is 3. The second kappa shape index (κ2) is 9.80. The molecular weight excluding hydrogens is 426 g/mol. The SMILES string of the molecule is O=C(O)CCSC1c2ccccc2C=Cc2ccc(/C=C/c3ccc4c(n3)CCCC4)cc21. The molecular formula is C29H27NO2S. The van der Waals surface area contributed by atoms with E-state index in [4.69, 9.17) is 10.1 Å². The highest BCUT2D eigenvalue weighted by Gasteiger charge is 2.22. The van der Waals surface area contributed by atoms with Crippen molar-refractivity contribution in [3.63, 3.8) is 0 Å². The van der Waals surface area contributed by atoms with Crippen LogP contribution in [0.3, 0.4) is 0 Å². The fraction of sp³-hybridized carbons (Fsp3) is 0.241. The highest BCUT2D eigenvalue weighted by Crippen LogP contribution is 2.42. The molecule has 0 saturated heterocycles. The van der Waals surface area contributed by atoms with E-state index < -0.39 is 5.97 Å². The van der Waals surface area contributed by atoms with Gasteiger partial charge in [0.05, 0.1) is 17.4 Å². The minimum absolute atomic E-state index is 0.0979. The van der Waals surface area contributed by atoms with Crippen molar-refractivity contribution in [3.05, 3.63) is 99.4 Å². The number of nitrogens with zero attached hydrogens (tertiary/aromatic N) is 1. The highest BCUT2D eigenvalue weighted by atomic mass is 32.2. The number of thioether (sulfide) groups is 1. The van der Waals surface area contributed by atoms with E-state index >= 15 is 0 Å². The molecule has 1 N–H and O–H groups in total. The number of carboxylic acid groups (broad SMARTS) is 1. The van der Waals surface area contributed by atoms with Gasteiger partial charge >= 0.3 is 5.97 Å². The van der Waals surface area contributed by atoms with E-state index in [9.17, 15) is 4.79 Å². The van der Waals surface area contributed by atoms with Crippen molar-refractivity contribution < 1.29 is 9.90 Å². The minimum atomic E-state index is -0.753. The number of pyridine rings is 1. The van der Waals surface area contributed by atoms with E-state index in [1.165, 1.54) is 46.4 Å². The third-order valence-corrected chi connectivity index (χ3v) is 7.64. The van der Waals surface area contributed by atoms with Crippen LogP contribution in [0.25, 0.3) is 24.3 Å². The number of carbonyl (C=O) groups is 1. The molecule has 4 heteroatoms. The van der Waals surface area contributed by atoms with E-state index in [1.807, 2.05) is 0 Å². The van der Waals surface area contributed by atoms with Crippen LogP contribution in [-0.2, 0) is 17.6 Å². The van der Waals surface area contributed by atoms with Crippen LogP contribution in [0.2, 0.25) is 0 Å². The summed E-state index contributed by atoms with van der Waals surface area (Å²) in [5.74, 6) is -0.177. The number of aryl methyl sites for hydroxylation is 2. The van der Waals surface area contributed by atoms with Gasteiger partial charge < -0.3 is 5.11 Å². The van der Waals surface area contributed by atoms with Crippen molar-refractivity contribution in [1.29, 1.82) is 0 Å². The Kier molecular flexibility index (Phi) is 6.45. The van der Waals surface area contributed by atoms with Crippen LogP contribution >= 0.6 is 11.8 Å². The lowest BCUT2D eigenvalue weighted by atomic mass is 9.95. The Morgan fingerprint density at radius 2 is 1.79 bits per heavy atom. The smallest absolute Gasteiger partial charge is 0.304 e. The molecule has 3 nitrogen and oxygen atoms in total. The number of rotatable bonds is 6. The summed E-state index contributed by atoms with van der Waals surface area (Å²) >= 11 is 1.71. The summed E-state index contributed by atoms with van der Waals surface area (Å²) in [5, 5.41) is 9.24. The zero-order valence-electron chi connectivity index (χ0n) is 18.5. The molecule has 0 saturated carbocycles. The fourth-order valence-corrected chi connectivity index (χ4v) is 5.95. The van der Waals surface area contributed by atoms with Gasteiger partial charge in [0.25, 0.3) is 0 Å². The maximum Gasteiger partial charge on any atom is 0.304 e. The highest BCUT2D eigenvalue weighted by molar-refractivity contribution is 7.99. The Morgan fingerprint density at radius 3 is 2.67 bits per heavy atom. The number of hydrogen-bond donors (Lipinski definition) is 1. The monoisotopic (exact) mass is 453 g/mol. The summed E-state index contributed by atoms with van der Waals surface area (Å²) in [5.41, 5.74) is 9.62. The molecule has 0 fully saturated rings. The third-order valence-electron chi connectivity index (χ3n) is 6.36. The van der Waals surface area contributed by atoms with Gasteiger partial charge in [0.2, 0.25) is 0 Å². The van der Waals surface area contributed by atoms with Crippen LogP contribution in [0.15, 0.2) is 54.6 Å². The number of aromatic nitrogens is 1. The van der Waals surface area contributed by atoms with Crippen molar-refractivity contribution in [3.8, 4) is 0 Å². The largest absolute Gasteiger partial charge is 0.481 e. The van der Waals surface area contributed by atoms with E-state index in [0.717, 1.165) is 24.1 Å². The van der Waals surface area contributed by atoms with Gasteiger partial charge in [0.15, 0.2) is 0 Å². The Balaban J connectivity index is 1.46. The van der Waals surface area contributed by atoms with Gasteiger partial charge in [-0.1, -0.05) is 60.7 Å². The molecule has 0 amide bonds. The van der Waals surface area contributed by atoms with Crippen molar-refractivity contribution >= 4 is 42.0 Å². The number of benzene rings is 2. The van der Waals surface area contributed by atoms with E-state index in [-0.39, 0.29) is 11.7 Å². The zero-order valence-corrected chi connectivity index (χ0v) is 19.4. The molecule has 2 aromatic carbocycles. The summed E-state index contributed by atoms with van der Waals surface area (Å²) in [6.45, 7) is 0. The molecule has 5 rings (SSSR count). The lowest BCUT2D eigenvalue weighted by molar-refractivity contribution is -0.136. The standard InChI is InChI=1S/C29H27NO2S/c31-28(32)17-18-33-29-25-7-3-1-5-21(25)12-13-22-11-9-20(19-26(22)29)10-15-24-16-14-23-6-2-4-8-27(23)30-24/h1,3,5,7,9-16,19,29H,2,4,6,8,17-18H2,(H,31,32)/b15-10+. The summed E-state index contributed by atoms with van der Waals surface area (Å²) in [4.78, 5) is 16.0. The van der Waals surface area contributed by atoms with E-state index in [2.05, 4.69) is 78.9 Å². The summed E-state index contributed by atoms with van der Waals surface area (Å²) < 4.78 is 0. The maximum absolute atomic E-state index is 11.1. The van der Waals surface area contributed by atoms with Crippen molar-refractivity contribution in [2.45, 2.75) is 37.4 Å². The first-order chi connectivity index (χ1) is 16.2.